The van der Waals surface area contributed by atoms with Crippen molar-refractivity contribution >= 4 is 5.82 Å². The molecule has 0 aliphatic carbocycles. The first-order chi connectivity index (χ1) is 9.67. The van der Waals surface area contributed by atoms with Crippen LogP contribution < -0.4 is 16.2 Å². The van der Waals surface area contributed by atoms with Gasteiger partial charge < -0.3 is 15.2 Å². The van der Waals surface area contributed by atoms with Gasteiger partial charge in [0.05, 0.1) is 0 Å². The standard InChI is InChI=1S/C15H20N4O/c1-3-19-9-8-17-14(15(19)20)18(2)11-13-7-5-4-6-12(13)10-16/h4-9H,3,10-11,16H2,1-2H3. The maximum atomic E-state index is 12.2. The lowest BCUT2D eigenvalue weighted by Crippen LogP contribution is -2.30. The van der Waals surface area contributed by atoms with E-state index >= 15 is 0 Å². The van der Waals surface area contributed by atoms with Gasteiger partial charge in [-0.3, -0.25) is 4.79 Å². The Morgan fingerprint density at radius 1 is 1.30 bits per heavy atom. The summed E-state index contributed by atoms with van der Waals surface area (Å²) in [5, 5.41) is 0. The molecular weight excluding hydrogens is 252 g/mol. The fraction of sp³-hybridized carbons (Fsp3) is 0.333. The molecule has 20 heavy (non-hydrogen) atoms. The van der Waals surface area contributed by atoms with Crippen molar-refractivity contribution < 1.29 is 0 Å². The van der Waals surface area contributed by atoms with Gasteiger partial charge in [-0.25, -0.2) is 4.98 Å². The molecule has 0 saturated carbocycles. The maximum Gasteiger partial charge on any atom is 0.293 e. The Morgan fingerprint density at radius 3 is 2.65 bits per heavy atom. The molecule has 1 aromatic heterocycles. The number of hydrogen-bond acceptors (Lipinski definition) is 4. The average molecular weight is 272 g/mol. The van der Waals surface area contributed by atoms with Crippen molar-refractivity contribution in [1.82, 2.24) is 9.55 Å². The van der Waals surface area contributed by atoms with Crippen LogP contribution >= 0.6 is 0 Å². The number of aryl methyl sites for hydroxylation is 1. The Morgan fingerprint density at radius 2 is 2.00 bits per heavy atom. The second-order valence-corrected chi connectivity index (χ2v) is 4.67. The quantitative estimate of drug-likeness (QED) is 0.892. The molecule has 0 aliphatic heterocycles. The van der Waals surface area contributed by atoms with Gasteiger partial charge in [-0.05, 0) is 18.1 Å². The summed E-state index contributed by atoms with van der Waals surface area (Å²) >= 11 is 0. The first-order valence-corrected chi connectivity index (χ1v) is 6.70. The SMILES string of the molecule is CCn1ccnc(N(C)Cc2ccccc2CN)c1=O. The first-order valence-electron chi connectivity index (χ1n) is 6.70. The highest BCUT2D eigenvalue weighted by molar-refractivity contribution is 5.38. The fourth-order valence-electron chi connectivity index (χ4n) is 2.19. The summed E-state index contributed by atoms with van der Waals surface area (Å²) in [5.74, 6) is 0.459. The van der Waals surface area contributed by atoms with Crippen LogP contribution in [0.3, 0.4) is 0 Å². The lowest BCUT2D eigenvalue weighted by atomic mass is 10.1. The molecule has 5 heteroatoms. The molecule has 1 aromatic carbocycles. The van der Waals surface area contributed by atoms with Gasteiger partial charge in [-0.1, -0.05) is 24.3 Å². The van der Waals surface area contributed by atoms with Crippen LogP contribution in [0.4, 0.5) is 5.82 Å². The van der Waals surface area contributed by atoms with Crippen LogP contribution in [-0.2, 0) is 19.6 Å². The summed E-state index contributed by atoms with van der Waals surface area (Å²) in [6.07, 6.45) is 3.36. The molecule has 1 heterocycles. The Kier molecular flexibility index (Phi) is 4.53. The van der Waals surface area contributed by atoms with Gasteiger partial charge in [0.2, 0.25) is 0 Å². The van der Waals surface area contributed by atoms with Gasteiger partial charge in [-0.15, -0.1) is 0 Å². The van der Waals surface area contributed by atoms with Crippen molar-refractivity contribution in [1.29, 1.82) is 0 Å². The zero-order valence-electron chi connectivity index (χ0n) is 11.9. The lowest BCUT2D eigenvalue weighted by molar-refractivity contribution is 0.707. The van der Waals surface area contributed by atoms with Crippen LogP contribution in [0.5, 0.6) is 0 Å². The monoisotopic (exact) mass is 272 g/mol. The molecule has 0 amide bonds. The van der Waals surface area contributed by atoms with Gasteiger partial charge in [-0.2, -0.15) is 0 Å². The highest BCUT2D eigenvalue weighted by Crippen LogP contribution is 2.12. The smallest absolute Gasteiger partial charge is 0.293 e. The lowest BCUT2D eigenvalue weighted by Gasteiger charge is -2.19. The first kappa shape index (κ1) is 14.3. The summed E-state index contributed by atoms with van der Waals surface area (Å²) < 4.78 is 1.65. The molecule has 0 bridgehead atoms. The highest BCUT2D eigenvalue weighted by Gasteiger charge is 2.11. The molecule has 0 unspecified atom stereocenters. The van der Waals surface area contributed by atoms with E-state index in [0.717, 1.165) is 11.1 Å². The molecule has 0 fully saturated rings. The summed E-state index contributed by atoms with van der Waals surface area (Å²) in [7, 11) is 1.87. The molecule has 0 aliphatic rings. The molecule has 2 aromatic rings. The van der Waals surface area contributed by atoms with Crippen LogP contribution in [0.1, 0.15) is 18.1 Å². The fourth-order valence-corrected chi connectivity index (χ4v) is 2.19. The van der Waals surface area contributed by atoms with E-state index in [1.807, 2.05) is 43.1 Å². The molecule has 0 atom stereocenters. The number of rotatable bonds is 5. The van der Waals surface area contributed by atoms with Crippen molar-refractivity contribution in [2.75, 3.05) is 11.9 Å². The van der Waals surface area contributed by atoms with E-state index in [9.17, 15) is 4.79 Å². The van der Waals surface area contributed by atoms with Crippen LogP contribution in [-0.4, -0.2) is 16.6 Å². The Balaban J connectivity index is 2.29. The molecule has 2 rings (SSSR count). The van der Waals surface area contributed by atoms with E-state index in [0.29, 0.717) is 25.5 Å². The Bertz CT molecular complexity index is 636. The normalized spacial score (nSPS) is 10.6. The van der Waals surface area contributed by atoms with E-state index < -0.39 is 0 Å². The van der Waals surface area contributed by atoms with E-state index in [1.165, 1.54) is 0 Å². The van der Waals surface area contributed by atoms with Crippen LogP contribution in [0.15, 0.2) is 41.5 Å². The van der Waals surface area contributed by atoms with Crippen LogP contribution in [0.2, 0.25) is 0 Å². The zero-order chi connectivity index (χ0) is 14.5. The number of benzene rings is 1. The van der Waals surface area contributed by atoms with E-state index in [4.69, 9.17) is 5.73 Å². The van der Waals surface area contributed by atoms with Crippen molar-refractivity contribution in [3.05, 3.63) is 58.1 Å². The van der Waals surface area contributed by atoms with E-state index in [-0.39, 0.29) is 5.56 Å². The third-order valence-electron chi connectivity index (χ3n) is 3.34. The topological polar surface area (TPSA) is 64.2 Å². The van der Waals surface area contributed by atoms with Crippen LogP contribution in [0, 0.1) is 0 Å². The van der Waals surface area contributed by atoms with Crippen molar-refractivity contribution in [2.24, 2.45) is 5.73 Å². The third kappa shape index (κ3) is 2.88. The second-order valence-electron chi connectivity index (χ2n) is 4.67. The third-order valence-corrected chi connectivity index (χ3v) is 3.34. The number of nitrogens with two attached hydrogens (primary N) is 1. The Labute approximate surface area is 118 Å². The summed E-state index contributed by atoms with van der Waals surface area (Å²) in [6.45, 7) is 3.69. The summed E-state index contributed by atoms with van der Waals surface area (Å²) in [6, 6.07) is 7.98. The predicted molar refractivity (Wildman–Crippen MR) is 80.6 cm³/mol. The minimum Gasteiger partial charge on any atom is -0.351 e. The maximum absolute atomic E-state index is 12.2. The minimum absolute atomic E-state index is 0.0669. The van der Waals surface area contributed by atoms with E-state index in [2.05, 4.69) is 4.98 Å². The molecule has 0 saturated heterocycles. The Hall–Kier alpha value is -2.14. The number of nitrogens with zero attached hydrogens (tertiary/aromatic N) is 3. The summed E-state index contributed by atoms with van der Waals surface area (Å²) in [5.41, 5.74) is 7.88. The van der Waals surface area contributed by atoms with Crippen molar-refractivity contribution in [2.45, 2.75) is 26.6 Å². The molecule has 0 radical (unpaired) electrons. The van der Waals surface area contributed by atoms with Gasteiger partial charge in [0, 0.05) is 39.1 Å². The molecule has 0 spiro atoms. The summed E-state index contributed by atoms with van der Waals surface area (Å²) in [4.78, 5) is 18.3. The van der Waals surface area contributed by atoms with E-state index in [1.54, 1.807) is 17.0 Å². The van der Waals surface area contributed by atoms with Gasteiger partial charge >= 0.3 is 0 Å². The van der Waals surface area contributed by atoms with Gasteiger partial charge in [0.15, 0.2) is 5.82 Å². The van der Waals surface area contributed by atoms with Crippen molar-refractivity contribution in [3.8, 4) is 0 Å². The predicted octanol–water partition coefficient (Wildman–Crippen LogP) is 1.36. The second kappa shape index (κ2) is 6.34. The highest BCUT2D eigenvalue weighted by atomic mass is 16.1. The molecule has 2 N–H and O–H groups in total. The number of aromatic nitrogens is 2. The molecular formula is C15H20N4O. The van der Waals surface area contributed by atoms with Crippen LogP contribution in [0.25, 0.3) is 0 Å². The largest absolute Gasteiger partial charge is 0.351 e. The number of hydrogen-bond donors (Lipinski definition) is 1. The zero-order valence-corrected chi connectivity index (χ0v) is 11.9. The molecule has 106 valence electrons. The molecule has 5 nitrogen and oxygen atoms in total. The van der Waals surface area contributed by atoms with Gasteiger partial charge in [0.1, 0.15) is 0 Å². The van der Waals surface area contributed by atoms with Crippen molar-refractivity contribution in [3.63, 3.8) is 0 Å². The average Bonchev–Trinajstić information content (AvgIpc) is 2.48. The number of anilines is 1. The van der Waals surface area contributed by atoms with Gasteiger partial charge in [0.25, 0.3) is 5.56 Å². The minimum atomic E-state index is -0.0669.